The molecule has 4 saturated carbocycles. The van der Waals surface area contributed by atoms with E-state index in [4.69, 9.17) is 0 Å². The van der Waals surface area contributed by atoms with E-state index < -0.39 is 5.60 Å². The molecule has 1 heterocycles. The molecule has 5 rings (SSSR count). The fraction of sp³-hybridized carbons (Fsp3) is 0.846. The third kappa shape index (κ3) is 3.29. The SMILES string of the molecule is Cc1cnn(CC(=O)[C@H]2[C@H](C)C[C@H]3[C@@H]4CC[C@@H]5C[C@](C)(O)CC[C@@H]5[C@H]4CC[C@@]32C)c1. The largest absolute Gasteiger partial charge is 0.390 e. The predicted molar refractivity (Wildman–Crippen MR) is 118 cm³/mol. The molecule has 0 saturated heterocycles. The molecule has 1 aromatic rings. The quantitative estimate of drug-likeness (QED) is 0.758. The molecule has 0 radical (unpaired) electrons. The Kier molecular flexibility index (Phi) is 4.96. The number of aromatic nitrogens is 2. The van der Waals surface area contributed by atoms with Crippen molar-refractivity contribution in [2.24, 2.45) is 46.8 Å². The van der Waals surface area contributed by atoms with Gasteiger partial charge in [-0.3, -0.25) is 9.48 Å². The second kappa shape index (κ2) is 7.18. The van der Waals surface area contributed by atoms with Crippen LogP contribution in [0.4, 0.5) is 0 Å². The van der Waals surface area contributed by atoms with Gasteiger partial charge in [0.15, 0.2) is 5.78 Å². The molecule has 4 aliphatic rings. The first-order chi connectivity index (χ1) is 14.2. The number of nitrogens with zero attached hydrogens (tertiary/aromatic N) is 2. The van der Waals surface area contributed by atoms with Crippen molar-refractivity contribution in [3.05, 3.63) is 18.0 Å². The molecule has 4 fully saturated rings. The number of aliphatic hydroxyl groups is 1. The Morgan fingerprint density at radius 1 is 1.17 bits per heavy atom. The minimum atomic E-state index is -0.443. The van der Waals surface area contributed by atoms with Gasteiger partial charge in [0.05, 0.1) is 18.3 Å². The summed E-state index contributed by atoms with van der Waals surface area (Å²) in [5, 5.41) is 15.0. The lowest BCUT2D eigenvalue weighted by atomic mass is 9.49. The number of ketones is 1. The third-order valence-corrected chi connectivity index (χ3v) is 10.0. The van der Waals surface area contributed by atoms with Crippen molar-refractivity contribution in [2.45, 2.75) is 91.2 Å². The second-order valence-corrected chi connectivity index (χ2v) is 12.1. The molecule has 0 amide bonds. The summed E-state index contributed by atoms with van der Waals surface area (Å²) in [4.78, 5) is 13.5. The zero-order valence-corrected chi connectivity index (χ0v) is 19.3. The Morgan fingerprint density at radius 3 is 2.67 bits per heavy atom. The van der Waals surface area contributed by atoms with Gasteiger partial charge in [0, 0.05) is 12.1 Å². The predicted octanol–water partition coefficient (Wildman–Crippen LogP) is 5.03. The van der Waals surface area contributed by atoms with Gasteiger partial charge in [0.1, 0.15) is 0 Å². The van der Waals surface area contributed by atoms with Gasteiger partial charge < -0.3 is 5.11 Å². The smallest absolute Gasteiger partial charge is 0.158 e. The molecule has 0 aromatic carbocycles. The number of rotatable bonds is 3. The monoisotopic (exact) mass is 412 g/mol. The van der Waals surface area contributed by atoms with Crippen LogP contribution in [0.3, 0.4) is 0 Å². The molecule has 30 heavy (non-hydrogen) atoms. The standard InChI is InChI=1S/C26H40N2O2/c1-16-13-27-28(14-16)15-23(29)24-17(2)11-22-21-6-5-18-12-25(3,30)9-7-19(18)20(21)8-10-26(22,24)4/h13-14,17-22,24,30H,5-12,15H2,1-4H3/t17-,18-,19+,20-,21-,22+,24-,25-,26+/m1/s1. The van der Waals surface area contributed by atoms with Crippen molar-refractivity contribution in [3.63, 3.8) is 0 Å². The van der Waals surface area contributed by atoms with E-state index in [1.54, 1.807) is 0 Å². The van der Waals surface area contributed by atoms with Crippen molar-refractivity contribution in [3.8, 4) is 0 Å². The summed E-state index contributed by atoms with van der Waals surface area (Å²) in [7, 11) is 0. The molecule has 0 aliphatic heterocycles. The molecule has 4 aliphatic carbocycles. The van der Waals surface area contributed by atoms with Gasteiger partial charge in [-0.1, -0.05) is 13.8 Å². The van der Waals surface area contributed by atoms with Crippen LogP contribution in [0.5, 0.6) is 0 Å². The number of aryl methyl sites for hydroxylation is 1. The van der Waals surface area contributed by atoms with Crippen LogP contribution in [-0.2, 0) is 11.3 Å². The van der Waals surface area contributed by atoms with Crippen molar-refractivity contribution >= 4 is 5.78 Å². The van der Waals surface area contributed by atoms with Gasteiger partial charge in [-0.05, 0) is 112 Å². The van der Waals surface area contributed by atoms with E-state index in [-0.39, 0.29) is 11.3 Å². The van der Waals surface area contributed by atoms with Crippen LogP contribution in [0.1, 0.15) is 77.7 Å². The molecule has 0 spiro atoms. The highest BCUT2D eigenvalue weighted by atomic mass is 16.3. The molecule has 0 bridgehead atoms. The molecular weight excluding hydrogens is 372 g/mol. The maximum absolute atomic E-state index is 13.5. The Labute approximate surface area is 181 Å². The molecule has 1 aromatic heterocycles. The topological polar surface area (TPSA) is 55.1 Å². The average molecular weight is 413 g/mol. The number of carbonyl (C=O) groups is 1. The lowest BCUT2D eigenvalue weighted by Crippen LogP contribution is -2.51. The van der Waals surface area contributed by atoms with Crippen molar-refractivity contribution in [1.82, 2.24) is 9.78 Å². The number of hydrogen-bond acceptors (Lipinski definition) is 3. The summed E-state index contributed by atoms with van der Waals surface area (Å²) in [5.41, 5.74) is 0.837. The minimum Gasteiger partial charge on any atom is -0.390 e. The van der Waals surface area contributed by atoms with Crippen LogP contribution < -0.4 is 0 Å². The summed E-state index contributed by atoms with van der Waals surface area (Å²) in [6, 6.07) is 0. The van der Waals surface area contributed by atoms with Crippen LogP contribution in [-0.4, -0.2) is 26.3 Å². The van der Waals surface area contributed by atoms with E-state index >= 15 is 0 Å². The number of hydrogen-bond donors (Lipinski definition) is 1. The Balaban J connectivity index is 1.35. The Bertz CT molecular complexity index is 814. The van der Waals surface area contributed by atoms with Crippen LogP contribution >= 0.6 is 0 Å². The van der Waals surface area contributed by atoms with Gasteiger partial charge in [-0.2, -0.15) is 5.10 Å². The van der Waals surface area contributed by atoms with E-state index in [0.29, 0.717) is 24.2 Å². The number of fused-ring (bicyclic) bond motifs is 5. The highest BCUT2D eigenvalue weighted by Crippen LogP contribution is 2.66. The van der Waals surface area contributed by atoms with Crippen LogP contribution in [0, 0.1) is 53.8 Å². The summed E-state index contributed by atoms with van der Waals surface area (Å²) >= 11 is 0. The van der Waals surface area contributed by atoms with E-state index in [9.17, 15) is 9.90 Å². The third-order valence-electron chi connectivity index (χ3n) is 10.0. The van der Waals surface area contributed by atoms with Gasteiger partial charge in [0.25, 0.3) is 0 Å². The Hall–Kier alpha value is -1.16. The normalized spacial score (nSPS) is 48.0. The van der Waals surface area contributed by atoms with E-state index in [0.717, 1.165) is 42.1 Å². The van der Waals surface area contributed by atoms with E-state index in [2.05, 4.69) is 18.9 Å². The van der Waals surface area contributed by atoms with Crippen molar-refractivity contribution in [1.29, 1.82) is 0 Å². The van der Waals surface area contributed by atoms with Crippen LogP contribution in [0.25, 0.3) is 0 Å². The van der Waals surface area contributed by atoms with Crippen LogP contribution in [0.2, 0.25) is 0 Å². The minimum absolute atomic E-state index is 0.160. The number of Topliss-reactive ketones (excluding diaryl/α,β-unsaturated/α-hetero) is 1. The second-order valence-electron chi connectivity index (χ2n) is 12.1. The van der Waals surface area contributed by atoms with E-state index in [1.165, 1.54) is 38.5 Å². The fourth-order valence-corrected chi connectivity index (χ4v) is 8.94. The fourth-order valence-electron chi connectivity index (χ4n) is 8.94. The van der Waals surface area contributed by atoms with E-state index in [1.807, 2.05) is 30.9 Å². The van der Waals surface area contributed by atoms with Crippen molar-refractivity contribution < 1.29 is 9.90 Å². The van der Waals surface area contributed by atoms with Gasteiger partial charge in [-0.25, -0.2) is 0 Å². The summed E-state index contributed by atoms with van der Waals surface area (Å²) in [6.07, 6.45) is 13.3. The van der Waals surface area contributed by atoms with Gasteiger partial charge in [0.2, 0.25) is 0 Å². The maximum Gasteiger partial charge on any atom is 0.158 e. The molecular formula is C26H40N2O2. The average Bonchev–Trinajstić information content (AvgIpc) is 3.19. The highest BCUT2D eigenvalue weighted by molar-refractivity contribution is 5.82. The lowest BCUT2D eigenvalue weighted by Gasteiger charge is -2.56. The zero-order valence-electron chi connectivity index (χ0n) is 19.3. The molecule has 0 unspecified atom stereocenters. The molecule has 166 valence electrons. The maximum atomic E-state index is 13.5. The van der Waals surface area contributed by atoms with Crippen molar-refractivity contribution in [2.75, 3.05) is 0 Å². The lowest BCUT2D eigenvalue weighted by molar-refractivity contribution is -0.134. The molecule has 4 nitrogen and oxygen atoms in total. The van der Waals surface area contributed by atoms with Crippen LogP contribution in [0.15, 0.2) is 12.4 Å². The molecule has 9 atom stereocenters. The number of carbonyl (C=O) groups excluding carboxylic acids is 1. The first kappa shape index (κ1) is 20.7. The molecule has 4 heteroatoms. The Morgan fingerprint density at radius 2 is 1.93 bits per heavy atom. The first-order valence-electron chi connectivity index (χ1n) is 12.4. The summed E-state index contributed by atoms with van der Waals surface area (Å²) in [5.74, 6) is 4.90. The summed E-state index contributed by atoms with van der Waals surface area (Å²) in [6.45, 7) is 9.29. The zero-order chi connectivity index (χ0) is 21.3. The van der Waals surface area contributed by atoms with Gasteiger partial charge >= 0.3 is 0 Å². The summed E-state index contributed by atoms with van der Waals surface area (Å²) < 4.78 is 1.84. The first-order valence-corrected chi connectivity index (χ1v) is 12.4. The van der Waals surface area contributed by atoms with Gasteiger partial charge in [-0.15, -0.1) is 0 Å². The molecule has 1 N–H and O–H groups in total. The highest BCUT2D eigenvalue weighted by Gasteiger charge is 2.60.